The first kappa shape index (κ1) is 28.5. The van der Waals surface area contributed by atoms with E-state index in [0.717, 1.165) is 29.9 Å². The number of aryl methyl sites for hydroxylation is 2. The van der Waals surface area contributed by atoms with Gasteiger partial charge >= 0.3 is 0 Å². The van der Waals surface area contributed by atoms with Crippen molar-refractivity contribution in [2.75, 3.05) is 10.6 Å². The Balaban J connectivity index is 1.36. The molecule has 0 spiro atoms. The Bertz CT molecular complexity index is 2010. The molecule has 0 aliphatic heterocycles. The number of benzene rings is 5. The van der Waals surface area contributed by atoms with Crippen LogP contribution >= 0.6 is 0 Å². The van der Waals surface area contributed by atoms with Gasteiger partial charge < -0.3 is 15.2 Å². The summed E-state index contributed by atoms with van der Waals surface area (Å²) in [6.45, 7) is 4.36. The highest BCUT2D eigenvalue weighted by Gasteiger charge is 2.27. The summed E-state index contributed by atoms with van der Waals surface area (Å²) < 4.78 is 2.36. The number of hydrogen-bond acceptors (Lipinski definition) is 2. The molecule has 3 nitrogen and oxygen atoms in total. The quantitative estimate of drug-likeness (QED) is 0.186. The minimum absolute atomic E-state index is 0.0309. The van der Waals surface area contributed by atoms with Gasteiger partial charge in [0.1, 0.15) is 0 Å². The maximum Gasteiger partial charge on any atom is 0.0530 e. The lowest BCUT2D eigenvalue weighted by Gasteiger charge is -2.22. The Kier molecular flexibility index (Phi) is 7.83. The Hall–Kier alpha value is -5.28. The van der Waals surface area contributed by atoms with Crippen LogP contribution in [-0.2, 0) is 7.05 Å². The zero-order valence-electron chi connectivity index (χ0n) is 26.2. The third-order valence-corrected chi connectivity index (χ3v) is 9.10. The number of aromatic nitrogens is 1. The standard InChI is InChI=1S/C42H39N3/c1-29-13-7-10-18-37(29)43-34-25-21-31(22-26-34)40(32-23-27-35(28-24-32)44-38-19-11-8-14-30(38)2)41-36-17-9-12-20-39(36)45(3)42(41)33-15-5-4-6-16-33/h4-7,9-13,15-28,40,43-44H,8,14H2,1-3H3. The van der Waals surface area contributed by atoms with Crippen molar-refractivity contribution < 1.29 is 0 Å². The third-order valence-electron chi connectivity index (χ3n) is 9.10. The second kappa shape index (κ2) is 12.4. The average Bonchev–Trinajstić information content (AvgIpc) is 3.37. The number of para-hydroxylation sites is 2. The third kappa shape index (κ3) is 5.70. The Morgan fingerprint density at radius 2 is 1.27 bits per heavy atom. The molecule has 45 heavy (non-hydrogen) atoms. The van der Waals surface area contributed by atoms with Crippen LogP contribution in [0.3, 0.4) is 0 Å². The van der Waals surface area contributed by atoms with Crippen LogP contribution < -0.4 is 10.6 Å². The van der Waals surface area contributed by atoms with Crippen molar-refractivity contribution in [1.29, 1.82) is 0 Å². The van der Waals surface area contributed by atoms with Crippen LogP contribution in [0.5, 0.6) is 0 Å². The molecular weight excluding hydrogens is 546 g/mol. The fourth-order valence-electron chi connectivity index (χ4n) is 6.65. The molecule has 1 aliphatic carbocycles. The van der Waals surface area contributed by atoms with Gasteiger partial charge in [0.05, 0.1) is 5.69 Å². The van der Waals surface area contributed by atoms with E-state index < -0.39 is 0 Å². The van der Waals surface area contributed by atoms with Crippen LogP contribution in [-0.4, -0.2) is 4.57 Å². The fourth-order valence-corrected chi connectivity index (χ4v) is 6.65. The largest absolute Gasteiger partial charge is 0.356 e. The summed E-state index contributed by atoms with van der Waals surface area (Å²) in [6, 6.07) is 46.1. The van der Waals surface area contributed by atoms with Crippen LogP contribution in [0.4, 0.5) is 17.1 Å². The normalized spacial score (nSPS) is 13.7. The highest BCUT2D eigenvalue weighted by atomic mass is 15.0. The molecule has 1 atom stereocenters. The molecule has 1 unspecified atom stereocenters. The van der Waals surface area contributed by atoms with Crippen molar-refractivity contribution in [1.82, 2.24) is 4.57 Å². The summed E-state index contributed by atoms with van der Waals surface area (Å²) >= 11 is 0. The van der Waals surface area contributed by atoms with E-state index in [2.05, 4.69) is 176 Å². The molecule has 0 fully saturated rings. The van der Waals surface area contributed by atoms with Crippen LogP contribution in [0.2, 0.25) is 0 Å². The predicted octanol–water partition coefficient (Wildman–Crippen LogP) is 11.1. The van der Waals surface area contributed by atoms with E-state index in [1.165, 1.54) is 55.7 Å². The second-order valence-corrected chi connectivity index (χ2v) is 12.1. The summed E-state index contributed by atoms with van der Waals surface area (Å²) in [7, 11) is 2.20. The molecule has 0 saturated carbocycles. The minimum Gasteiger partial charge on any atom is -0.356 e. The smallest absolute Gasteiger partial charge is 0.0530 e. The lowest BCUT2D eigenvalue weighted by atomic mass is 9.82. The Morgan fingerprint density at radius 3 is 1.96 bits per heavy atom. The van der Waals surface area contributed by atoms with Crippen LogP contribution in [0.15, 0.2) is 151 Å². The average molecular weight is 586 g/mol. The van der Waals surface area contributed by atoms with Crippen LogP contribution in [0.1, 0.15) is 47.9 Å². The van der Waals surface area contributed by atoms with Gasteiger partial charge in [-0.3, -0.25) is 0 Å². The first-order valence-corrected chi connectivity index (χ1v) is 15.9. The summed E-state index contributed by atoms with van der Waals surface area (Å²) in [5.74, 6) is 0.0309. The van der Waals surface area contributed by atoms with Gasteiger partial charge in [-0.25, -0.2) is 0 Å². The highest BCUT2D eigenvalue weighted by molar-refractivity contribution is 5.93. The Labute approximate surface area is 266 Å². The van der Waals surface area contributed by atoms with E-state index in [9.17, 15) is 0 Å². The van der Waals surface area contributed by atoms with Gasteiger partial charge in [0.15, 0.2) is 0 Å². The fraction of sp³-hybridized carbons (Fsp3) is 0.143. The van der Waals surface area contributed by atoms with Crippen molar-refractivity contribution in [3.8, 4) is 11.3 Å². The lowest BCUT2D eigenvalue weighted by molar-refractivity contribution is 0.936. The summed E-state index contributed by atoms with van der Waals surface area (Å²) in [4.78, 5) is 0. The molecule has 222 valence electrons. The maximum atomic E-state index is 3.66. The molecule has 7 rings (SSSR count). The summed E-state index contributed by atoms with van der Waals surface area (Å²) in [6.07, 6.45) is 6.69. The van der Waals surface area contributed by atoms with Gasteiger partial charge in [-0.05, 0) is 103 Å². The summed E-state index contributed by atoms with van der Waals surface area (Å²) in [5, 5.41) is 8.56. The number of anilines is 3. The topological polar surface area (TPSA) is 29.0 Å². The summed E-state index contributed by atoms with van der Waals surface area (Å²) in [5.41, 5.74) is 14.7. The van der Waals surface area contributed by atoms with Gasteiger partial charge in [-0.1, -0.05) is 97.1 Å². The Morgan fingerprint density at radius 1 is 0.644 bits per heavy atom. The van der Waals surface area contributed by atoms with Crippen molar-refractivity contribution in [3.63, 3.8) is 0 Å². The maximum absolute atomic E-state index is 3.66. The molecule has 1 aromatic heterocycles. The van der Waals surface area contributed by atoms with E-state index in [1.807, 2.05) is 0 Å². The number of fused-ring (bicyclic) bond motifs is 1. The molecule has 0 saturated heterocycles. The highest BCUT2D eigenvalue weighted by Crippen LogP contribution is 2.44. The molecule has 2 N–H and O–H groups in total. The van der Waals surface area contributed by atoms with Crippen molar-refractivity contribution in [2.45, 2.75) is 32.6 Å². The number of nitrogens with one attached hydrogen (secondary N) is 2. The molecule has 0 bridgehead atoms. The first-order valence-electron chi connectivity index (χ1n) is 15.9. The SMILES string of the molecule is CC1=C(Nc2ccc(C(c3ccc(Nc4ccccc4C)cc3)c3c(-c4ccccc4)n(C)c4ccccc34)cc2)C=CCC1. The van der Waals surface area contributed by atoms with Crippen LogP contribution in [0.25, 0.3) is 22.2 Å². The first-order chi connectivity index (χ1) is 22.1. The molecule has 0 amide bonds. The van der Waals surface area contributed by atoms with E-state index in [1.54, 1.807) is 0 Å². The molecule has 1 heterocycles. The molecule has 3 heteroatoms. The van der Waals surface area contributed by atoms with E-state index in [-0.39, 0.29) is 5.92 Å². The van der Waals surface area contributed by atoms with Gasteiger partial charge in [0.25, 0.3) is 0 Å². The number of hydrogen-bond donors (Lipinski definition) is 2. The molecule has 0 radical (unpaired) electrons. The van der Waals surface area contributed by atoms with E-state index in [0.29, 0.717) is 0 Å². The van der Waals surface area contributed by atoms with Crippen molar-refractivity contribution in [3.05, 3.63) is 173 Å². The number of allylic oxidation sites excluding steroid dienone is 3. The second-order valence-electron chi connectivity index (χ2n) is 12.1. The van der Waals surface area contributed by atoms with Gasteiger partial charge in [-0.15, -0.1) is 0 Å². The lowest BCUT2D eigenvalue weighted by Crippen LogP contribution is -2.07. The molecule has 5 aromatic carbocycles. The van der Waals surface area contributed by atoms with Crippen LogP contribution in [0, 0.1) is 6.92 Å². The van der Waals surface area contributed by atoms with Gasteiger partial charge in [-0.2, -0.15) is 0 Å². The molecule has 6 aromatic rings. The zero-order chi connectivity index (χ0) is 30.8. The monoisotopic (exact) mass is 585 g/mol. The van der Waals surface area contributed by atoms with Crippen molar-refractivity contribution >= 4 is 28.0 Å². The van der Waals surface area contributed by atoms with Gasteiger partial charge in [0.2, 0.25) is 0 Å². The van der Waals surface area contributed by atoms with E-state index >= 15 is 0 Å². The minimum atomic E-state index is 0.0309. The number of rotatable bonds is 8. The van der Waals surface area contributed by atoms with E-state index in [4.69, 9.17) is 0 Å². The molecular formula is C42H39N3. The van der Waals surface area contributed by atoms with Crippen molar-refractivity contribution in [2.24, 2.45) is 7.05 Å². The number of nitrogens with zero attached hydrogens (tertiary/aromatic N) is 1. The molecule has 1 aliphatic rings. The zero-order valence-corrected chi connectivity index (χ0v) is 26.2. The predicted molar refractivity (Wildman–Crippen MR) is 191 cm³/mol. The van der Waals surface area contributed by atoms with Gasteiger partial charge in [0, 0.05) is 46.6 Å².